The van der Waals surface area contributed by atoms with Crippen molar-refractivity contribution in [2.24, 2.45) is 5.92 Å². The van der Waals surface area contributed by atoms with E-state index in [1.54, 1.807) is 0 Å². The Balaban J connectivity index is 2.25. The number of carbonyl (C=O) groups is 1. The molecule has 0 aromatic carbocycles. The molecule has 0 spiro atoms. The van der Waals surface area contributed by atoms with Gasteiger partial charge < -0.3 is 9.84 Å². The molecule has 4 heteroatoms. The van der Waals surface area contributed by atoms with Crippen LogP contribution in [-0.2, 0) is 16.0 Å². The first-order valence-corrected chi connectivity index (χ1v) is 5.44. The lowest BCUT2D eigenvalue weighted by Gasteiger charge is -2.25. The van der Waals surface area contributed by atoms with Gasteiger partial charge in [-0.25, -0.2) is 0 Å². The average Bonchev–Trinajstić information content (AvgIpc) is 2.66. The highest BCUT2D eigenvalue weighted by Gasteiger charge is 2.34. The SMILES string of the molecule is COC(=O)C1CCc2ccsc2C1O. The van der Waals surface area contributed by atoms with Gasteiger partial charge >= 0.3 is 5.97 Å². The Kier molecular flexibility index (Phi) is 2.56. The molecule has 0 bridgehead atoms. The van der Waals surface area contributed by atoms with Crippen molar-refractivity contribution in [3.05, 3.63) is 21.9 Å². The fourth-order valence-corrected chi connectivity index (χ4v) is 2.87. The average molecular weight is 212 g/mol. The first-order valence-electron chi connectivity index (χ1n) is 4.56. The molecular weight excluding hydrogens is 200 g/mol. The molecule has 1 heterocycles. The molecule has 0 radical (unpaired) electrons. The molecular formula is C10H12O3S. The minimum absolute atomic E-state index is 0.309. The Morgan fingerprint density at radius 1 is 1.71 bits per heavy atom. The van der Waals surface area contributed by atoms with Crippen molar-refractivity contribution >= 4 is 17.3 Å². The van der Waals surface area contributed by atoms with Crippen LogP contribution in [0, 0.1) is 5.92 Å². The van der Waals surface area contributed by atoms with Crippen molar-refractivity contribution < 1.29 is 14.6 Å². The summed E-state index contributed by atoms with van der Waals surface area (Å²) >= 11 is 1.51. The van der Waals surface area contributed by atoms with E-state index < -0.39 is 6.10 Å². The zero-order chi connectivity index (χ0) is 10.1. The van der Waals surface area contributed by atoms with E-state index in [0.29, 0.717) is 6.42 Å². The van der Waals surface area contributed by atoms with Crippen molar-refractivity contribution in [3.8, 4) is 0 Å². The Hall–Kier alpha value is -0.870. The minimum Gasteiger partial charge on any atom is -0.469 e. The van der Waals surface area contributed by atoms with Crippen molar-refractivity contribution in [1.29, 1.82) is 0 Å². The number of aliphatic hydroxyl groups excluding tert-OH is 1. The standard InChI is InChI=1S/C10H12O3S/c1-13-10(12)7-3-2-6-4-5-14-9(6)8(7)11/h4-5,7-8,11H,2-3H2,1H3. The summed E-state index contributed by atoms with van der Waals surface area (Å²) in [7, 11) is 1.36. The number of thiophene rings is 1. The van der Waals surface area contributed by atoms with E-state index in [0.717, 1.165) is 11.3 Å². The topological polar surface area (TPSA) is 46.5 Å². The van der Waals surface area contributed by atoms with Crippen molar-refractivity contribution in [2.75, 3.05) is 7.11 Å². The summed E-state index contributed by atoms with van der Waals surface area (Å²) in [6.07, 6.45) is 0.860. The number of hydrogen-bond acceptors (Lipinski definition) is 4. The maximum absolute atomic E-state index is 11.3. The molecule has 1 aliphatic rings. The molecule has 1 aromatic heterocycles. The van der Waals surface area contributed by atoms with E-state index in [1.807, 2.05) is 11.4 Å². The summed E-state index contributed by atoms with van der Waals surface area (Å²) in [6, 6.07) is 2.01. The van der Waals surface area contributed by atoms with Gasteiger partial charge in [-0.05, 0) is 29.9 Å². The number of aryl methyl sites for hydroxylation is 1. The fraction of sp³-hybridized carbons (Fsp3) is 0.500. The summed E-state index contributed by atoms with van der Waals surface area (Å²) in [6.45, 7) is 0. The second-order valence-electron chi connectivity index (χ2n) is 3.42. The molecule has 0 aliphatic heterocycles. The summed E-state index contributed by atoms with van der Waals surface area (Å²) in [5, 5.41) is 11.9. The maximum atomic E-state index is 11.3. The number of hydrogen-bond donors (Lipinski definition) is 1. The van der Waals surface area contributed by atoms with E-state index in [9.17, 15) is 9.90 Å². The van der Waals surface area contributed by atoms with E-state index in [-0.39, 0.29) is 11.9 Å². The van der Waals surface area contributed by atoms with Gasteiger partial charge in [0.2, 0.25) is 0 Å². The molecule has 1 aliphatic carbocycles. The van der Waals surface area contributed by atoms with Crippen LogP contribution in [0.25, 0.3) is 0 Å². The van der Waals surface area contributed by atoms with Crippen LogP contribution in [0.1, 0.15) is 23.0 Å². The third-order valence-corrected chi connectivity index (χ3v) is 3.69. The molecule has 14 heavy (non-hydrogen) atoms. The van der Waals surface area contributed by atoms with Crippen LogP contribution in [0.2, 0.25) is 0 Å². The number of ether oxygens (including phenoxy) is 1. The minimum atomic E-state index is -0.675. The summed E-state index contributed by atoms with van der Waals surface area (Å²) in [5.74, 6) is -0.692. The molecule has 2 atom stereocenters. The predicted octanol–water partition coefficient (Wildman–Crippen LogP) is 1.52. The maximum Gasteiger partial charge on any atom is 0.311 e. The summed E-state index contributed by atoms with van der Waals surface area (Å²) < 4.78 is 4.66. The summed E-state index contributed by atoms with van der Waals surface area (Å²) in [5.41, 5.74) is 1.17. The van der Waals surface area contributed by atoms with E-state index >= 15 is 0 Å². The van der Waals surface area contributed by atoms with Gasteiger partial charge in [0.1, 0.15) is 6.10 Å². The third-order valence-electron chi connectivity index (χ3n) is 2.66. The number of esters is 1. The zero-order valence-corrected chi connectivity index (χ0v) is 8.71. The Morgan fingerprint density at radius 3 is 3.21 bits per heavy atom. The van der Waals surface area contributed by atoms with Gasteiger partial charge in [-0.2, -0.15) is 0 Å². The number of fused-ring (bicyclic) bond motifs is 1. The van der Waals surface area contributed by atoms with Crippen LogP contribution in [0.15, 0.2) is 11.4 Å². The second kappa shape index (κ2) is 3.71. The van der Waals surface area contributed by atoms with E-state index in [4.69, 9.17) is 0 Å². The van der Waals surface area contributed by atoms with Gasteiger partial charge in [0.25, 0.3) is 0 Å². The van der Waals surface area contributed by atoms with Crippen LogP contribution < -0.4 is 0 Å². The molecule has 0 fully saturated rings. The largest absolute Gasteiger partial charge is 0.469 e. The number of rotatable bonds is 1. The Labute approximate surface area is 86.3 Å². The molecule has 0 saturated carbocycles. The molecule has 1 aromatic rings. The molecule has 2 unspecified atom stereocenters. The van der Waals surface area contributed by atoms with Crippen LogP contribution in [-0.4, -0.2) is 18.2 Å². The van der Waals surface area contributed by atoms with Crippen LogP contribution in [0.5, 0.6) is 0 Å². The Bertz CT molecular complexity index is 345. The smallest absolute Gasteiger partial charge is 0.311 e. The number of methoxy groups -OCH3 is 1. The molecule has 3 nitrogen and oxygen atoms in total. The first-order chi connectivity index (χ1) is 6.74. The predicted molar refractivity (Wildman–Crippen MR) is 53.1 cm³/mol. The molecule has 0 amide bonds. The van der Waals surface area contributed by atoms with Gasteiger partial charge in [-0.15, -0.1) is 11.3 Å². The highest BCUT2D eigenvalue weighted by Crippen LogP contribution is 2.38. The van der Waals surface area contributed by atoms with E-state index in [1.165, 1.54) is 24.0 Å². The van der Waals surface area contributed by atoms with Crippen molar-refractivity contribution in [1.82, 2.24) is 0 Å². The van der Waals surface area contributed by atoms with Gasteiger partial charge in [-0.3, -0.25) is 4.79 Å². The lowest BCUT2D eigenvalue weighted by molar-refractivity contribution is -0.150. The quantitative estimate of drug-likeness (QED) is 0.718. The Morgan fingerprint density at radius 2 is 2.50 bits per heavy atom. The molecule has 1 N–H and O–H groups in total. The van der Waals surface area contributed by atoms with Crippen LogP contribution >= 0.6 is 11.3 Å². The highest BCUT2D eigenvalue weighted by molar-refractivity contribution is 7.10. The zero-order valence-electron chi connectivity index (χ0n) is 7.90. The van der Waals surface area contributed by atoms with Gasteiger partial charge in [0, 0.05) is 4.88 Å². The number of aliphatic hydroxyl groups is 1. The van der Waals surface area contributed by atoms with Crippen molar-refractivity contribution in [3.63, 3.8) is 0 Å². The van der Waals surface area contributed by atoms with Gasteiger partial charge in [0.15, 0.2) is 0 Å². The second-order valence-corrected chi connectivity index (χ2v) is 4.37. The van der Waals surface area contributed by atoms with Crippen molar-refractivity contribution in [2.45, 2.75) is 18.9 Å². The normalized spacial score (nSPS) is 25.6. The molecule has 76 valence electrons. The number of carbonyl (C=O) groups excluding carboxylic acids is 1. The lowest BCUT2D eigenvalue weighted by atomic mass is 9.87. The van der Waals surface area contributed by atoms with Crippen LogP contribution in [0.3, 0.4) is 0 Å². The first kappa shape index (κ1) is 9.68. The highest BCUT2D eigenvalue weighted by atomic mass is 32.1. The van der Waals surface area contributed by atoms with Gasteiger partial charge in [0.05, 0.1) is 13.0 Å². The van der Waals surface area contributed by atoms with Crippen LogP contribution in [0.4, 0.5) is 0 Å². The monoisotopic (exact) mass is 212 g/mol. The third kappa shape index (κ3) is 1.44. The molecule has 2 rings (SSSR count). The lowest BCUT2D eigenvalue weighted by Crippen LogP contribution is -2.27. The van der Waals surface area contributed by atoms with Gasteiger partial charge in [-0.1, -0.05) is 0 Å². The molecule has 0 saturated heterocycles. The fourth-order valence-electron chi connectivity index (χ4n) is 1.86. The van der Waals surface area contributed by atoms with E-state index in [2.05, 4.69) is 4.74 Å². The summed E-state index contributed by atoms with van der Waals surface area (Å²) in [4.78, 5) is 12.3.